The smallest absolute Gasteiger partial charge is 0.234 e. The van der Waals surface area contributed by atoms with E-state index in [0.717, 1.165) is 18.9 Å². The third-order valence-corrected chi connectivity index (χ3v) is 3.69. The van der Waals surface area contributed by atoms with Gasteiger partial charge in [0.05, 0.1) is 18.5 Å². The van der Waals surface area contributed by atoms with E-state index in [9.17, 15) is 0 Å². The maximum Gasteiger partial charge on any atom is 0.234 e. The van der Waals surface area contributed by atoms with Crippen LogP contribution in [-0.2, 0) is 0 Å². The van der Waals surface area contributed by atoms with E-state index in [4.69, 9.17) is 4.74 Å². The fourth-order valence-electron chi connectivity index (χ4n) is 2.68. The van der Waals surface area contributed by atoms with Crippen molar-refractivity contribution in [1.29, 1.82) is 0 Å². The lowest BCUT2D eigenvalue weighted by molar-refractivity contribution is 0.232. The number of aromatic nitrogens is 2. The summed E-state index contributed by atoms with van der Waals surface area (Å²) in [7, 11) is 0. The molecule has 0 amide bonds. The molecule has 5 heteroatoms. The predicted molar refractivity (Wildman–Crippen MR) is 85.8 cm³/mol. The highest BCUT2D eigenvalue weighted by Gasteiger charge is 2.10. The quantitative estimate of drug-likeness (QED) is 0.597. The normalized spacial score (nSPS) is 16.7. The van der Waals surface area contributed by atoms with Gasteiger partial charge in [-0.25, -0.2) is 0 Å². The van der Waals surface area contributed by atoms with E-state index in [1.54, 1.807) is 12.4 Å². The molecule has 1 saturated carbocycles. The molecular formula is C16H28N4O. The van der Waals surface area contributed by atoms with Crippen molar-refractivity contribution in [3.8, 4) is 5.88 Å². The predicted octanol–water partition coefficient (Wildman–Crippen LogP) is 2.99. The number of hydrogen-bond donors (Lipinski definition) is 2. The minimum atomic E-state index is 0.117. The highest BCUT2D eigenvalue weighted by Crippen LogP contribution is 2.17. The molecule has 1 aromatic heterocycles. The van der Waals surface area contributed by atoms with Gasteiger partial charge in [-0.05, 0) is 26.7 Å². The summed E-state index contributed by atoms with van der Waals surface area (Å²) in [4.78, 5) is 8.54. The van der Waals surface area contributed by atoms with E-state index in [1.807, 2.05) is 13.8 Å². The summed E-state index contributed by atoms with van der Waals surface area (Å²) in [5.74, 6) is 1.35. The monoisotopic (exact) mass is 292 g/mol. The molecule has 21 heavy (non-hydrogen) atoms. The molecule has 1 aliphatic carbocycles. The van der Waals surface area contributed by atoms with E-state index >= 15 is 0 Å². The van der Waals surface area contributed by atoms with Crippen LogP contribution in [0.4, 0.5) is 5.82 Å². The first-order valence-corrected chi connectivity index (χ1v) is 8.20. The van der Waals surface area contributed by atoms with Gasteiger partial charge in [-0.1, -0.05) is 25.7 Å². The lowest BCUT2D eigenvalue weighted by atomic mass is 10.1. The van der Waals surface area contributed by atoms with Crippen LogP contribution >= 0.6 is 0 Å². The molecule has 118 valence electrons. The van der Waals surface area contributed by atoms with Crippen LogP contribution in [0.1, 0.15) is 52.4 Å². The highest BCUT2D eigenvalue weighted by atomic mass is 16.5. The molecular weight excluding hydrogens is 264 g/mol. The van der Waals surface area contributed by atoms with E-state index in [0.29, 0.717) is 11.9 Å². The van der Waals surface area contributed by atoms with Crippen LogP contribution < -0.4 is 15.4 Å². The SMILES string of the molecule is CC(C)Oc1cncc(NCCNC2CCCCCC2)n1. The Morgan fingerprint density at radius 2 is 1.90 bits per heavy atom. The summed E-state index contributed by atoms with van der Waals surface area (Å²) < 4.78 is 5.54. The van der Waals surface area contributed by atoms with E-state index in [-0.39, 0.29) is 6.10 Å². The highest BCUT2D eigenvalue weighted by molar-refractivity contribution is 5.33. The molecule has 1 aliphatic rings. The number of rotatable bonds is 7. The van der Waals surface area contributed by atoms with Gasteiger partial charge in [0, 0.05) is 19.1 Å². The van der Waals surface area contributed by atoms with Crippen LogP contribution in [0, 0.1) is 0 Å². The molecule has 0 atom stereocenters. The second kappa shape index (κ2) is 8.82. The fourth-order valence-corrected chi connectivity index (χ4v) is 2.68. The summed E-state index contributed by atoms with van der Waals surface area (Å²) in [6.07, 6.45) is 11.7. The largest absolute Gasteiger partial charge is 0.474 e. The summed E-state index contributed by atoms with van der Waals surface area (Å²) in [5.41, 5.74) is 0. The standard InChI is InChI=1S/C16H28N4O/c1-13(2)21-16-12-17-11-15(20-16)19-10-9-18-14-7-5-3-4-6-8-14/h11-14,18H,3-10H2,1-2H3,(H,19,20). The minimum Gasteiger partial charge on any atom is -0.474 e. The molecule has 2 N–H and O–H groups in total. The second-order valence-corrected chi connectivity index (χ2v) is 5.98. The first kappa shape index (κ1) is 16.0. The maximum absolute atomic E-state index is 5.54. The molecule has 0 bridgehead atoms. The number of anilines is 1. The summed E-state index contributed by atoms with van der Waals surface area (Å²) in [6.45, 7) is 5.79. The van der Waals surface area contributed by atoms with Gasteiger partial charge in [-0.3, -0.25) is 4.98 Å². The molecule has 2 rings (SSSR count). The van der Waals surface area contributed by atoms with Crippen molar-refractivity contribution in [3.63, 3.8) is 0 Å². The number of ether oxygens (including phenoxy) is 1. The molecule has 0 spiro atoms. The zero-order valence-electron chi connectivity index (χ0n) is 13.3. The molecule has 0 unspecified atom stereocenters. The fraction of sp³-hybridized carbons (Fsp3) is 0.750. The molecule has 1 heterocycles. The third kappa shape index (κ3) is 6.29. The Balaban J connectivity index is 1.68. The van der Waals surface area contributed by atoms with Crippen LogP contribution in [0.5, 0.6) is 5.88 Å². The number of hydrogen-bond acceptors (Lipinski definition) is 5. The minimum absolute atomic E-state index is 0.117. The van der Waals surface area contributed by atoms with Crippen molar-refractivity contribution in [2.45, 2.75) is 64.5 Å². The van der Waals surface area contributed by atoms with Crippen LogP contribution in [0.3, 0.4) is 0 Å². The van der Waals surface area contributed by atoms with Gasteiger partial charge >= 0.3 is 0 Å². The maximum atomic E-state index is 5.54. The van der Waals surface area contributed by atoms with Crippen molar-refractivity contribution < 1.29 is 4.74 Å². The molecule has 0 saturated heterocycles. The Labute approximate surface area is 127 Å². The lowest BCUT2D eigenvalue weighted by Crippen LogP contribution is -2.32. The van der Waals surface area contributed by atoms with Gasteiger partial charge < -0.3 is 15.4 Å². The van der Waals surface area contributed by atoms with Crippen LogP contribution in [0.2, 0.25) is 0 Å². The Bertz CT molecular complexity index is 403. The van der Waals surface area contributed by atoms with E-state index in [2.05, 4.69) is 20.6 Å². The molecule has 0 radical (unpaired) electrons. The summed E-state index contributed by atoms with van der Waals surface area (Å²) >= 11 is 0. The van der Waals surface area contributed by atoms with Crippen molar-refractivity contribution in [3.05, 3.63) is 12.4 Å². The van der Waals surface area contributed by atoms with Crippen LogP contribution in [0.25, 0.3) is 0 Å². The van der Waals surface area contributed by atoms with Gasteiger partial charge in [0.15, 0.2) is 0 Å². The van der Waals surface area contributed by atoms with E-state index in [1.165, 1.54) is 38.5 Å². The lowest BCUT2D eigenvalue weighted by Gasteiger charge is -2.16. The molecule has 0 aromatic carbocycles. The van der Waals surface area contributed by atoms with Crippen molar-refractivity contribution in [2.24, 2.45) is 0 Å². The van der Waals surface area contributed by atoms with Crippen molar-refractivity contribution >= 4 is 5.82 Å². The molecule has 5 nitrogen and oxygen atoms in total. The number of nitrogens with zero attached hydrogens (tertiary/aromatic N) is 2. The molecule has 0 aliphatic heterocycles. The first-order valence-electron chi connectivity index (χ1n) is 8.20. The Morgan fingerprint density at radius 3 is 2.62 bits per heavy atom. The zero-order chi connectivity index (χ0) is 14.9. The van der Waals surface area contributed by atoms with Crippen molar-refractivity contribution in [2.75, 3.05) is 18.4 Å². The average molecular weight is 292 g/mol. The van der Waals surface area contributed by atoms with Gasteiger partial charge in [0.2, 0.25) is 5.88 Å². The second-order valence-electron chi connectivity index (χ2n) is 5.98. The van der Waals surface area contributed by atoms with Crippen molar-refractivity contribution in [1.82, 2.24) is 15.3 Å². The van der Waals surface area contributed by atoms with Gasteiger partial charge in [-0.2, -0.15) is 4.98 Å². The Kier molecular flexibility index (Phi) is 6.73. The molecule has 1 fully saturated rings. The van der Waals surface area contributed by atoms with Gasteiger partial charge in [0.1, 0.15) is 5.82 Å². The van der Waals surface area contributed by atoms with Gasteiger partial charge in [-0.15, -0.1) is 0 Å². The Morgan fingerprint density at radius 1 is 1.14 bits per heavy atom. The summed E-state index contributed by atoms with van der Waals surface area (Å²) in [5, 5.41) is 6.93. The zero-order valence-corrected chi connectivity index (χ0v) is 13.3. The topological polar surface area (TPSA) is 59.1 Å². The first-order chi connectivity index (χ1) is 10.2. The summed E-state index contributed by atoms with van der Waals surface area (Å²) in [6, 6.07) is 0.691. The van der Waals surface area contributed by atoms with E-state index < -0.39 is 0 Å². The Hall–Kier alpha value is -1.36. The van der Waals surface area contributed by atoms with Crippen LogP contribution in [0.15, 0.2) is 12.4 Å². The van der Waals surface area contributed by atoms with Crippen LogP contribution in [-0.4, -0.2) is 35.2 Å². The molecule has 1 aromatic rings. The average Bonchev–Trinajstić information content (AvgIpc) is 2.72. The number of nitrogens with one attached hydrogen (secondary N) is 2. The van der Waals surface area contributed by atoms with Gasteiger partial charge in [0.25, 0.3) is 0 Å². The third-order valence-electron chi connectivity index (χ3n) is 3.69.